The van der Waals surface area contributed by atoms with Crippen molar-refractivity contribution in [2.75, 3.05) is 16.0 Å². The summed E-state index contributed by atoms with van der Waals surface area (Å²) in [5.74, 6) is 0.367. The highest BCUT2D eigenvalue weighted by atomic mass is 32.2. The van der Waals surface area contributed by atoms with Crippen molar-refractivity contribution < 1.29 is 62.4 Å². The maximum atomic E-state index is 13.4. The second kappa shape index (κ2) is 19.4. The van der Waals surface area contributed by atoms with Gasteiger partial charge in [0.15, 0.2) is 0 Å². The minimum absolute atomic E-state index is 0.165. The zero-order valence-corrected chi connectivity index (χ0v) is 41.5. The topological polar surface area (TPSA) is 277 Å². The van der Waals surface area contributed by atoms with Gasteiger partial charge in [0.2, 0.25) is 0 Å². The summed E-state index contributed by atoms with van der Waals surface area (Å²) in [7, 11) is -15.5. The maximum Gasteiger partial charge on any atom is 0.417 e. The first-order valence-electron chi connectivity index (χ1n) is 21.6. The minimum Gasteiger partial charge on any atom is -0.456 e. The molecule has 0 fully saturated rings. The third kappa shape index (κ3) is 10.4. The normalized spacial score (nSPS) is 12.2. The summed E-state index contributed by atoms with van der Waals surface area (Å²) >= 11 is 0. The molecule has 0 unspecified atom stereocenters. The molecule has 1 heterocycles. The molecule has 6 aromatic carbocycles. The van der Waals surface area contributed by atoms with Crippen LogP contribution in [0.5, 0.6) is 11.5 Å². The summed E-state index contributed by atoms with van der Waals surface area (Å²) in [5, 5.41) is 7.94. The van der Waals surface area contributed by atoms with Crippen molar-refractivity contribution >= 4 is 81.9 Å². The van der Waals surface area contributed by atoms with E-state index < -0.39 is 57.2 Å². The van der Waals surface area contributed by atoms with Crippen LogP contribution in [0.2, 0.25) is 0 Å². The Hall–Kier alpha value is -7.92. The summed E-state index contributed by atoms with van der Waals surface area (Å²) in [6, 6.07) is 29.4. The zero-order valence-electron chi connectivity index (χ0n) is 39.1. The van der Waals surface area contributed by atoms with Gasteiger partial charge < -0.3 is 19.2 Å². The number of carbonyl (C=O) groups is 2. The molecule has 0 saturated heterocycles. The molecule has 18 nitrogen and oxygen atoms in total. The lowest BCUT2D eigenvalue weighted by Crippen LogP contribution is -2.19. The molecule has 6 aromatic rings. The number of hydrogen-bond donors (Lipinski definition) is 6. The van der Waals surface area contributed by atoms with Gasteiger partial charge in [-0.3, -0.25) is 24.3 Å². The van der Waals surface area contributed by atoms with E-state index in [1.165, 1.54) is 24.3 Å². The molecule has 21 heteroatoms. The molecular weight excluding hydrogens is 989 g/mol. The number of rotatable bonds is 11. The first-order valence-corrected chi connectivity index (χ1v) is 25.9. The Morgan fingerprint density at radius 2 is 1.03 bits per heavy atom. The SMILES string of the molecule is Cc1cc(C)c(NC(=O)Oc2ccccc2)c(C)c1/N=c1/cc2oc3cc(Nc4c(C)cc(C)c(NC(=O)Oc5ccccc5)c4C)c(S(=O)(=O)O)cc3c(-c3ccccc3S(=O)(=O)O)c-2cc1S(=O)(=O)O. The van der Waals surface area contributed by atoms with Crippen LogP contribution in [0.25, 0.3) is 33.4 Å². The molecule has 1 aliphatic carbocycles. The number of nitrogens with one attached hydrogen (secondary N) is 3. The average Bonchev–Trinajstić information content (AvgIpc) is 3.30. The monoisotopic (exact) mass is 1030 g/mol. The molecule has 0 bridgehead atoms. The fraction of sp³-hybridized carbons (Fsp3) is 0.118. The van der Waals surface area contributed by atoms with Gasteiger partial charge in [-0.25, -0.2) is 14.6 Å². The van der Waals surface area contributed by atoms with E-state index in [0.717, 1.165) is 24.3 Å². The Balaban J connectivity index is 1.37. The molecule has 370 valence electrons. The Labute approximate surface area is 413 Å². The van der Waals surface area contributed by atoms with Gasteiger partial charge in [-0.1, -0.05) is 66.7 Å². The van der Waals surface area contributed by atoms with Crippen LogP contribution in [0, 0.1) is 41.5 Å². The molecule has 2 amide bonds. The lowest BCUT2D eigenvalue weighted by atomic mass is 9.93. The number of hydrogen-bond acceptors (Lipinski definition) is 13. The second-order valence-corrected chi connectivity index (χ2v) is 20.9. The van der Waals surface area contributed by atoms with Gasteiger partial charge in [0.25, 0.3) is 30.4 Å². The number of aryl methyl sites for hydroxylation is 4. The van der Waals surface area contributed by atoms with Gasteiger partial charge in [0.1, 0.15) is 37.5 Å². The summed E-state index contributed by atoms with van der Waals surface area (Å²) in [4.78, 5) is 28.6. The second-order valence-electron chi connectivity index (χ2n) is 16.7. The first kappa shape index (κ1) is 50.5. The minimum atomic E-state index is -5.22. The van der Waals surface area contributed by atoms with E-state index in [4.69, 9.17) is 18.9 Å². The molecule has 2 aliphatic rings. The third-order valence-electron chi connectivity index (χ3n) is 11.6. The van der Waals surface area contributed by atoms with Gasteiger partial charge in [0, 0.05) is 39.9 Å². The molecule has 1 aliphatic heterocycles. The first-order chi connectivity index (χ1) is 33.9. The van der Waals surface area contributed by atoms with E-state index in [2.05, 4.69) is 16.0 Å². The van der Waals surface area contributed by atoms with Gasteiger partial charge in [0.05, 0.1) is 28.1 Å². The van der Waals surface area contributed by atoms with Crippen molar-refractivity contribution in [2.24, 2.45) is 4.99 Å². The lowest BCUT2D eigenvalue weighted by Gasteiger charge is -2.22. The van der Waals surface area contributed by atoms with Gasteiger partial charge in [-0.05, 0) is 117 Å². The van der Waals surface area contributed by atoms with Crippen LogP contribution in [0.15, 0.2) is 145 Å². The molecular formula is C51H44N4O14S3. The van der Waals surface area contributed by atoms with E-state index in [0.29, 0.717) is 44.8 Å². The van der Waals surface area contributed by atoms with Crippen LogP contribution in [0.1, 0.15) is 33.4 Å². The van der Waals surface area contributed by atoms with Crippen molar-refractivity contribution in [3.63, 3.8) is 0 Å². The van der Waals surface area contributed by atoms with Crippen molar-refractivity contribution in [1.29, 1.82) is 0 Å². The number of carbonyl (C=O) groups excluding carboxylic acids is 2. The largest absolute Gasteiger partial charge is 0.456 e. The van der Waals surface area contributed by atoms with Crippen LogP contribution >= 0.6 is 0 Å². The van der Waals surface area contributed by atoms with Crippen molar-refractivity contribution in [1.82, 2.24) is 0 Å². The van der Waals surface area contributed by atoms with Crippen molar-refractivity contribution in [2.45, 2.75) is 56.2 Å². The number of nitrogens with zero attached hydrogens (tertiary/aromatic N) is 1. The highest BCUT2D eigenvalue weighted by molar-refractivity contribution is 7.86. The summed E-state index contributed by atoms with van der Waals surface area (Å²) < 4.78 is 129. The highest BCUT2D eigenvalue weighted by Crippen LogP contribution is 2.46. The predicted octanol–water partition coefficient (Wildman–Crippen LogP) is 11.0. The van der Waals surface area contributed by atoms with Crippen LogP contribution in [-0.2, 0) is 30.4 Å². The van der Waals surface area contributed by atoms with Crippen LogP contribution in [0.4, 0.5) is 38.0 Å². The van der Waals surface area contributed by atoms with Gasteiger partial charge in [-0.2, -0.15) is 25.3 Å². The zero-order chi connectivity index (χ0) is 52.0. The van der Waals surface area contributed by atoms with Crippen molar-refractivity contribution in [3.8, 4) is 33.9 Å². The standard InChI is InChI=1S/C51H44N4O14S3/c1-27-21-29(3)48(54-50(56)67-33-15-9-7-10-16-33)31(5)46(27)52-38-25-40-36(23-43(38)71(61,62)63)45(35-19-13-14-20-42(35)70(58,59)60)37-24-44(72(64,65)66)39(26-41(37)69-40)53-47-28(2)22-30(4)49(32(47)6)55-51(57)68-34-17-11-8-12-18-34/h7-26,52H,1-6H3,(H,54,56)(H,55,57)(H,58,59,60)(H,61,62,63)(H,64,65,66)/b53-39-. The Kier molecular flexibility index (Phi) is 13.6. The fourth-order valence-corrected chi connectivity index (χ4v) is 10.5. The third-order valence-corrected chi connectivity index (χ3v) is 14.3. The Morgan fingerprint density at radius 1 is 0.528 bits per heavy atom. The van der Waals surface area contributed by atoms with Crippen molar-refractivity contribution in [3.05, 3.63) is 160 Å². The number of anilines is 4. The number of benzene rings is 7. The summed E-state index contributed by atoms with van der Waals surface area (Å²) in [6.45, 7) is 10.2. The van der Waals surface area contributed by atoms with Gasteiger partial charge >= 0.3 is 12.2 Å². The lowest BCUT2D eigenvalue weighted by molar-refractivity contribution is 0.214. The smallest absolute Gasteiger partial charge is 0.417 e. The van der Waals surface area contributed by atoms with E-state index in [9.17, 15) is 48.5 Å². The number of para-hydroxylation sites is 2. The average molecular weight is 1030 g/mol. The molecule has 0 atom stereocenters. The predicted molar refractivity (Wildman–Crippen MR) is 270 cm³/mol. The summed E-state index contributed by atoms with van der Waals surface area (Å²) in [5.41, 5.74) is 3.10. The number of ether oxygens (including phenoxy) is 2. The Bertz CT molecular complexity index is 3920. The maximum absolute atomic E-state index is 13.4. The fourth-order valence-electron chi connectivity index (χ4n) is 8.54. The van der Waals surface area contributed by atoms with Crippen LogP contribution < -0.4 is 30.8 Å². The highest BCUT2D eigenvalue weighted by Gasteiger charge is 2.30. The van der Waals surface area contributed by atoms with E-state index in [-0.39, 0.29) is 67.3 Å². The summed E-state index contributed by atoms with van der Waals surface area (Å²) in [6.07, 6.45) is -1.64. The molecule has 0 radical (unpaired) electrons. The molecule has 0 aromatic heterocycles. The number of amides is 2. The van der Waals surface area contributed by atoms with E-state index in [1.54, 1.807) is 114 Å². The van der Waals surface area contributed by atoms with E-state index >= 15 is 0 Å². The number of fused-ring (bicyclic) bond motifs is 2. The van der Waals surface area contributed by atoms with E-state index in [1.807, 2.05) is 0 Å². The van der Waals surface area contributed by atoms with Gasteiger partial charge in [-0.15, -0.1) is 0 Å². The van der Waals surface area contributed by atoms with Crippen LogP contribution in [0.3, 0.4) is 0 Å². The Morgan fingerprint density at radius 3 is 1.58 bits per heavy atom. The quantitative estimate of drug-likeness (QED) is 0.0519. The molecule has 6 N–H and O–H groups in total. The molecule has 8 rings (SSSR count). The molecule has 0 saturated carbocycles. The molecule has 0 spiro atoms. The molecule has 72 heavy (non-hydrogen) atoms. The van der Waals surface area contributed by atoms with Crippen LogP contribution in [-0.4, -0.2) is 51.1 Å².